The van der Waals surface area contributed by atoms with Gasteiger partial charge < -0.3 is 4.74 Å². The lowest BCUT2D eigenvalue weighted by atomic mass is 10.1. The summed E-state index contributed by atoms with van der Waals surface area (Å²) in [6.45, 7) is 11.6. The van der Waals surface area contributed by atoms with E-state index < -0.39 is 0 Å². The molecule has 14 heavy (non-hydrogen) atoms. The van der Waals surface area contributed by atoms with Gasteiger partial charge in [0.05, 0.1) is 6.10 Å². The molecule has 0 aromatic heterocycles. The van der Waals surface area contributed by atoms with Gasteiger partial charge in [0, 0.05) is 6.61 Å². The first-order valence-electron chi connectivity index (χ1n) is 6.46. The molecule has 0 heterocycles. The first-order valence-corrected chi connectivity index (χ1v) is 6.46. The minimum absolute atomic E-state index is 0.534. The lowest BCUT2D eigenvalue weighted by molar-refractivity contribution is 0.0390. The number of unbranched alkanes of at least 4 members (excludes halogenated alkanes) is 1. The van der Waals surface area contributed by atoms with Crippen LogP contribution in [0.1, 0.15) is 73.1 Å². The largest absolute Gasteiger partial charge is 0.378 e. The van der Waals surface area contributed by atoms with Gasteiger partial charge in [-0.3, -0.25) is 0 Å². The van der Waals surface area contributed by atoms with Crippen molar-refractivity contribution in [3.05, 3.63) is 0 Å². The molecule has 0 fully saturated rings. The van der Waals surface area contributed by atoms with Gasteiger partial charge in [-0.1, -0.05) is 53.9 Å². The Morgan fingerprint density at radius 1 is 0.857 bits per heavy atom. The van der Waals surface area contributed by atoms with Crippen LogP contribution in [0.5, 0.6) is 0 Å². The molecule has 0 bridgehead atoms. The second-order valence-electron chi connectivity index (χ2n) is 3.42. The van der Waals surface area contributed by atoms with Gasteiger partial charge in [0.15, 0.2) is 0 Å². The van der Waals surface area contributed by atoms with Gasteiger partial charge in [0.1, 0.15) is 0 Å². The van der Waals surface area contributed by atoms with Gasteiger partial charge >= 0.3 is 0 Å². The summed E-state index contributed by atoms with van der Waals surface area (Å²) >= 11 is 0. The Balaban J connectivity index is 0. The maximum Gasteiger partial charge on any atom is 0.0575 e. The van der Waals surface area contributed by atoms with Gasteiger partial charge in [-0.05, 0) is 19.3 Å². The van der Waals surface area contributed by atoms with E-state index >= 15 is 0 Å². The fraction of sp³-hybridized carbons (Fsp3) is 1.00. The molecular formula is C13H30O. The average molecular weight is 202 g/mol. The highest BCUT2D eigenvalue weighted by atomic mass is 16.5. The molecule has 0 radical (unpaired) electrons. The molecule has 0 atom stereocenters. The van der Waals surface area contributed by atoms with Crippen LogP contribution in [-0.2, 0) is 4.74 Å². The van der Waals surface area contributed by atoms with Crippen LogP contribution < -0.4 is 0 Å². The molecule has 0 N–H and O–H groups in total. The monoisotopic (exact) mass is 202 g/mol. The number of rotatable bonds is 8. The fourth-order valence-electron chi connectivity index (χ4n) is 1.35. The first kappa shape index (κ1) is 16.4. The van der Waals surface area contributed by atoms with E-state index in [1.165, 1.54) is 38.5 Å². The van der Waals surface area contributed by atoms with Crippen molar-refractivity contribution >= 4 is 0 Å². The van der Waals surface area contributed by atoms with Crippen LogP contribution in [0.25, 0.3) is 0 Å². The van der Waals surface area contributed by atoms with E-state index in [1.807, 2.05) is 13.8 Å². The molecule has 0 saturated carbocycles. The van der Waals surface area contributed by atoms with E-state index in [1.54, 1.807) is 0 Å². The number of hydrogen-bond donors (Lipinski definition) is 0. The lowest BCUT2D eigenvalue weighted by Crippen LogP contribution is -2.13. The Morgan fingerprint density at radius 2 is 1.36 bits per heavy atom. The molecular weight excluding hydrogens is 172 g/mol. The molecule has 88 valence electrons. The Bertz CT molecular complexity index is 75.3. The lowest BCUT2D eigenvalue weighted by Gasteiger charge is -2.15. The van der Waals surface area contributed by atoms with Crippen LogP contribution in [0.15, 0.2) is 0 Å². The molecule has 0 rings (SSSR count). The molecule has 0 spiro atoms. The van der Waals surface area contributed by atoms with Crippen molar-refractivity contribution in [3.8, 4) is 0 Å². The van der Waals surface area contributed by atoms with Crippen molar-refractivity contribution in [2.75, 3.05) is 6.61 Å². The summed E-state index contributed by atoms with van der Waals surface area (Å²) in [5, 5.41) is 0. The summed E-state index contributed by atoms with van der Waals surface area (Å²) in [7, 11) is 0. The van der Waals surface area contributed by atoms with Gasteiger partial charge in [-0.15, -0.1) is 0 Å². The van der Waals surface area contributed by atoms with Crippen LogP contribution in [0.4, 0.5) is 0 Å². The predicted molar refractivity (Wildman–Crippen MR) is 65.8 cm³/mol. The number of hydrogen-bond acceptors (Lipinski definition) is 1. The van der Waals surface area contributed by atoms with E-state index in [0.717, 1.165) is 6.61 Å². The average Bonchev–Trinajstić information content (AvgIpc) is 2.22. The molecule has 0 amide bonds. The minimum Gasteiger partial charge on any atom is -0.378 e. The molecule has 0 aliphatic heterocycles. The summed E-state index contributed by atoms with van der Waals surface area (Å²) in [6.07, 6.45) is 7.95. The smallest absolute Gasteiger partial charge is 0.0575 e. The summed E-state index contributed by atoms with van der Waals surface area (Å²) < 4.78 is 5.76. The second-order valence-corrected chi connectivity index (χ2v) is 3.42. The molecule has 0 aromatic rings. The Morgan fingerprint density at radius 3 is 1.71 bits per heavy atom. The van der Waals surface area contributed by atoms with Crippen molar-refractivity contribution in [2.24, 2.45) is 0 Å². The zero-order valence-corrected chi connectivity index (χ0v) is 10.9. The van der Waals surface area contributed by atoms with E-state index in [-0.39, 0.29) is 0 Å². The molecule has 1 nitrogen and oxygen atoms in total. The van der Waals surface area contributed by atoms with Crippen molar-refractivity contribution in [1.29, 1.82) is 0 Å². The van der Waals surface area contributed by atoms with Gasteiger partial charge in [-0.2, -0.15) is 0 Å². The van der Waals surface area contributed by atoms with Crippen LogP contribution in [0.3, 0.4) is 0 Å². The maximum absolute atomic E-state index is 5.76. The van der Waals surface area contributed by atoms with Crippen LogP contribution in [0, 0.1) is 0 Å². The number of ether oxygens (including phenoxy) is 1. The van der Waals surface area contributed by atoms with E-state index in [2.05, 4.69) is 20.8 Å². The summed E-state index contributed by atoms with van der Waals surface area (Å²) in [5.74, 6) is 0. The highest BCUT2D eigenvalue weighted by Crippen LogP contribution is 2.09. The molecule has 1 heteroatoms. The third-order valence-electron chi connectivity index (χ3n) is 2.07. The third-order valence-corrected chi connectivity index (χ3v) is 2.07. The van der Waals surface area contributed by atoms with Crippen LogP contribution in [-0.4, -0.2) is 12.7 Å². The SMILES string of the molecule is CC.CCCCOC(CCC)CCC. The highest BCUT2D eigenvalue weighted by Gasteiger charge is 2.05. The zero-order valence-electron chi connectivity index (χ0n) is 10.9. The maximum atomic E-state index is 5.76. The normalized spacial score (nSPS) is 9.86. The standard InChI is InChI=1S/C11H24O.C2H6/c1-4-7-10-12-11(8-5-2)9-6-3;1-2/h11H,4-10H2,1-3H3;1-2H3. The van der Waals surface area contributed by atoms with Gasteiger partial charge in [-0.25, -0.2) is 0 Å². The Kier molecular flexibility index (Phi) is 18.1. The summed E-state index contributed by atoms with van der Waals surface area (Å²) in [5.41, 5.74) is 0. The highest BCUT2D eigenvalue weighted by molar-refractivity contribution is 4.55. The zero-order chi connectivity index (χ0) is 11.2. The molecule has 0 aliphatic carbocycles. The topological polar surface area (TPSA) is 9.23 Å². The predicted octanol–water partition coefficient (Wildman–Crippen LogP) is 4.80. The van der Waals surface area contributed by atoms with Gasteiger partial charge in [0.25, 0.3) is 0 Å². The second kappa shape index (κ2) is 15.4. The first-order chi connectivity index (χ1) is 6.85. The van der Waals surface area contributed by atoms with Crippen molar-refractivity contribution in [3.63, 3.8) is 0 Å². The van der Waals surface area contributed by atoms with Crippen molar-refractivity contribution < 1.29 is 4.74 Å². The van der Waals surface area contributed by atoms with Crippen molar-refractivity contribution in [2.45, 2.75) is 79.2 Å². The Labute approximate surface area is 91.2 Å². The van der Waals surface area contributed by atoms with Crippen LogP contribution >= 0.6 is 0 Å². The quantitative estimate of drug-likeness (QED) is 0.514. The molecule has 0 unspecified atom stereocenters. The molecule has 0 saturated heterocycles. The fourth-order valence-corrected chi connectivity index (χ4v) is 1.35. The summed E-state index contributed by atoms with van der Waals surface area (Å²) in [4.78, 5) is 0. The van der Waals surface area contributed by atoms with Crippen molar-refractivity contribution in [1.82, 2.24) is 0 Å². The van der Waals surface area contributed by atoms with E-state index in [9.17, 15) is 0 Å². The molecule has 0 aromatic carbocycles. The van der Waals surface area contributed by atoms with Gasteiger partial charge in [0.2, 0.25) is 0 Å². The summed E-state index contributed by atoms with van der Waals surface area (Å²) in [6, 6.07) is 0. The van der Waals surface area contributed by atoms with E-state index in [4.69, 9.17) is 4.74 Å². The van der Waals surface area contributed by atoms with Crippen LogP contribution in [0.2, 0.25) is 0 Å². The molecule has 0 aliphatic rings. The Hall–Kier alpha value is -0.0400. The van der Waals surface area contributed by atoms with E-state index in [0.29, 0.717) is 6.10 Å². The third kappa shape index (κ3) is 12.0. The minimum atomic E-state index is 0.534.